The zero-order valence-corrected chi connectivity index (χ0v) is 14.4. The molecule has 0 radical (unpaired) electrons. The Morgan fingerprint density at radius 3 is 2.48 bits per heavy atom. The summed E-state index contributed by atoms with van der Waals surface area (Å²) in [6.45, 7) is 3.88. The standard InChI is InChI=1S/C16H18Cl2N4O/c1-20-5-4-15(19-20)16(23)22-8-6-21(7-9-22)11-12-2-3-13(17)14(18)10-12/h2-5,10H,6-9,11H2,1H3. The molecular formula is C16H18Cl2N4O. The predicted octanol–water partition coefficient (Wildman–Crippen LogP) is 2.68. The van der Waals surface area contributed by atoms with Gasteiger partial charge >= 0.3 is 0 Å². The van der Waals surface area contributed by atoms with Crippen LogP contribution in [0.1, 0.15) is 16.1 Å². The van der Waals surface area contributed by atoms with Crippen LogP contribution < -0.4 is 0 Å². The second-order valence-corrected chi connectivity index (χ2v) is 6.51. The van der Waals surface area contributed by atoms with Crippen molar-refractivity contribution in [2.75, 3.05) is 26.2 Å². The Morgan fingerprint density at radius 1 is 1.13 bits per heavy atom. The molecule has 122 valence electrons. The van der Waals surface area contributed by atoms with Crippen molar-refractivity contribution < 1.29 is 4.79 Å². The summed E-state index contributed by atoms with van der Waals surface area (Å²) >= 11 is 12.0. The van der Waals surface area contributed by atoms with Crippen LogP contribution in [0, 0.1) is 0 Å². The van der Waals surface area contributed by atoms with Crippen LogP contribution in [0.2, 0.25) is 10.0 Å². The third kappa shape index (κ3) is 3.86. The van der Waals surface area contributed by atoms with E-state index in [2.05, 4.69) is 10.00 Å². The summed E-state index contributed by atoms with van der Waals surface area (Å²) in [5.74, 6) is -0.000197. The highest BCUT2D eigenvalue weighted by molar-refractivity contribution is 6.42. The molecule has 23 heavy (non-hydrogen) atoms. The molecule has 1 aliphatic heterocycles. The van der Waals surface area contributed by atoms with Crippen molar-refractivity contribution in [3.63, 3.8) is 0 Å². The number of carbonyl (C=O) groups excluding carboxylic acids is 1. The molecule has 5 nitrogen and oxygen atoms in total. The Bertz CT molecular complexity index is 708. The Kier molecular flexibility index (Phi) is 4.90. The van der Waals surface area contributed by atoms with E-state index in [9.17, 15) is 4.79 Å². The minimum atomic E-state index is -0.000197. The molecule has 1 amide bonds. The van der Waals surface area contributed by atoms with Gasteiger partial charge in [0, 0.05) is 46.0 Å². The molecule has 2 heterocycles. The van der Waals surface area contributed by atoms with Gasteiger partial charge in [-0.3, -0.25) is 14.4 Å². The highest BCUT2D eigenvalue weighted by Crippen LogP contribution is 2.23. The highest BCUT2D eigenvalue weighted by Gasteiger charge is 2.23. The molecule has 0 unspecified atom stereocenters. The summed E-state index contributed by atoms with van der Waals surface area (Å²) in [6, 6.07) is 7.46. The van der Waals surface area contributed by atoms with E-state index in [4.69, 9.17) is 23.2 Å². The fraction of sp³-hybridized carbons (Fsp3) is 0.375. The lowest BCUT2D eigenvalue weighted by molar-refractivity contribution is 0.0622. The van der Waals surface area contributed by atoms with Crippen molar-refractivity contribution in [3.8, 4) is 0 Å². The maximum absolute atomic E-state index is 12.4. The summed E-state index contributed by atoms with van der Waals surface area (Å²) in [4.78, 5) is 16.5. The minimum absolute atomic E-state index is 0.000197. The Balaban J connectivity index is 1.56. The summed E-state index contributed by atoms with van der Waals surface area (Å²) < 4.78 is 1.65. The zero-order chi connectivity index (χ0) is 16.4. The lowest BCUT2D eigenvalue weighted by Gasteiger charge is -2.34. The van der Waals surface area contributed by atoms with Gasteiger partial charge in [0.1, 0.15) is 5.69 Å². The lowest BCUT2D eigenvalue weighted by Crippen LogP contribution is -2.48. The van der Waals surface area contributed by atoms with Crippen molar-refractivity contribution in [1.82, 2.24) is 19.6 Å². The number of piperazine rings is 1. The number of rotatable bonds is 3. The molecule has 2 aromatic rings. The van der Waals surface area contributed by atoms with E-state index in [-0.39, 0.29) is 5.91 Å². The number of amides is 1. The van der Waals surface area contributed by atoms with Crippen LogP contribution in [0.25, 0.3) is 0 Å². The Hall–Kier alpha value is -1.56. The highest BCUT2D eigenvalue weighted by atomic mass is 35.5. The summed E-state index contributed by atoms with van der Waals surface area (Å²) in [5.41, 5.74) is 1.63. The summed E-state index contributed by atoms with van der Waals surface area (Å²) in [5, 5.41) is 5.32. The second-order valence-electron chi connectivity index (χ2n) is 5.69. The Morgan fingerprint density at radius 2 is 1.87 bits per heavy atom. The minimum Gasteiger partial charge on any atom is -0.335 e. The second kappa shape index (κ2) is 6.91. The van der Waals surface area contributed by atoms with Gasteiger partial charge in [-0.1, -0.05) is 29.3 Å². The van der Waals surface area contributed by atoms with Crippen LogP contribution in [0.15, 0.2) is 30.5 Å². The zero-order valence-electron chi connectivity index (χ0n) is 12.9. The third-order valence-electron chi connectivity index (χ3n) is 3.98. The molecule has 0 atom stereocenters. The maximum Gasteiger partial charge on any atom is 0.274 e. The lowest BCUT2D eigenvalue weighted by atomic mass is 10.2. The first-order valence-corrected chi connectivity index (χ1v) is 8.24. The molecule has 0 spiro atoms. The van der Waals surface area contributed by atoms with Gasteiger partial charge in [0.25, 0.3) is 5.91 Å². The topological polar surface area (TPSA) is 41.4 Å². The molecule has 1 aliphatic rings. The van der Waals surface area contributed by atoms with E-state index in [1.54, 1.807) is 16.9 Å². The van der Waals surface area contributed by atoms with Crippen molar-refractivity contribution in [3.05, 3.63) is 51.8 Å². The van der Waals surface area contributed by atoms with Crippen molar-refractivity contribution in [2.45, 2.75) is 6.54 Å². The van der Waals surface area contributed by atoms with Crippen LogP contribution in [-0.2, 0) is 13.6 Å². The predicted molar refractivity (Wildman–Crippen MR) is 90.9 cm³/mol. The van der Waals surface area contributed by atoms with Crippen molar-refractivity contribution in [2.24, 2.45) is 7.05 Å². The maximum atomic E-state index is 12.4. The van der Waals surface area contributed by atoms with Crippen molar-refractivity contribution in [1.29, 1.82) is 0 Å². The molecule has 1 fully saturated rings. The number of nitrogens with zero attached hydrogens (tertiary/aromatic N) is 4. The molecule has 1 saturated heterocycles. The molecule has 0 aliphatic carbocycles. The number of halogens is 2. The molecular weight excluding hydrogens is 335 g/mol. The molecule has 3 rings (SSSR count). The number of aryl methyl sites for hydroxylation is 1. The average Bonchev–Trinajstić information content (AvgIpc) is 2.97. The van der Waals surface area contributed by atoms with Crippen LogP contribution >= 0.6 is 23.2 Å². The number of hydrogen-bond acceptors (Lipinski definition) is 3. The van der Waals surface area contributed by atoms with Crippen LogP contribution in [0.4, 0.5) is 0 Å². The average molecular weight is 353 g/mol. The van der Waals surface area contributed by atoms with Gasteiger partial charge in [0.2, 0.25) is 0 Å². The Labute approximate surface area is 145 Å². The molecule has 1 aromatic carbocycles. The normalized spacial score (nSPS) is 15.9. The molecule has 0 saturated carbocycles. The van der Waals surface area contributed by atoms with E-state index in [1.165, 1.54) is 0 Å². The van der Waals surface area contributed by atoms with E-state index < -0.39 is 0 Å². The monoisotopic (exact) mass is 352 g/mol. The fourth-order valence-corrected chi connectivity index (χ4v) is 3.02. The first kappa shape index (κ1) is 16.3. The first-order chi connectivity index (χ1) is 11.0. The van der Waals surface area contributed by atoms with E-state index in [0.29, 0.717) is 28.8 Å². The molecule has 0 N–H and O–H groups in total. The van der Waals surface area contributed by atoms with E-state index in [1.807, 2.05) is 30.1 Å². The molecule has 7 heteroatoms. The van der Waals surface area contributed by atoms with Gasteiger partial charge in [0.15, 0.2) is 0 Å². The smallest absolute Gasteiger partial charge is 0.274 e. The largest absolute Gasteiger partial charge is 0.335 e. The van der Waals surface area contributed by atoms with Crippen LogP contribution in [0.5, 0.6) is 0 Å². The third-order valence-corrected chi connectivity index (χ3v) is 4.72. The molecule has 1 aromatic heterocycles. The number of benzene rings is 1. The van der Waals surface area contributed by atoms with Crippen molar-refractivity contribution >= 4 is 29.1 Å². The number of hydrogen-bond donors (Lipinski definition) is 0. The van der Waals surface area contributed by atoms with Crippen LogP contribution in [0.3, 0.4) is 0 Å². The fourth-order valence-electron chi connectivity index (χ4n) is 2.70. The van der Waals surface area contributed by atoms with Crippen LogP contribution in [-0.4, -0.2) is 51.7 Å². The van der Waals surface area contributed by atoms with Gasteiger partial charge < -0.3 is 4.90 Å². The van der Waals surface area contributed by atoms with Gasteiger partial charge in [-0.05, 0) is 23.8 Å². The van der Waals surface area contributed by atoms with Gasteiger partial charge in [-0.15, -0.1) is 0 Å². The number of carbonyl (C=O) groups is 1. The summed E-state index contributed by atoms with van der Waals surface area (Å²) in [6.07, 6.45) is 1.79. The first-order valence-electron chi connectivity index (χ1n) is 7.48. The van der Waals surface area contributed by atoms with E-state index in [0.717, 1.165) is 25.2 Å². The van der Waals surface area contributed by atoms with Gasteiger partial charge in [0.05, 0.1) is 10.0 Å². The SMILES string of the molecule is Cn1ccc(C(=O)N2CCN(Cc3ccc(Cl)c(Cl)c3)CC2)n1. The quantitative estimate of drug-likeness (QED) is 0.852. The van der Waals surface area contributed by atoms with Gasteiger partial charge in [-0.25, -0.2) is 0 Å². The number of aromatic nitrogens is 2. The summed E-state index contributed by atoms with van der Waals surface area (Å²) in [7, 11) is 1.81. The van der Waals surface area contributed by atoms with E-state index >= 15 is 0 Å². The molecule has 0 bridgehead atoms. The van der Waals surface area contributed by atoms with Gasteiger partial charge in [-0.2, -0.15) is 5.10 Å².